The summed E-state index contributed by atoms with van der Waals surface area (Å²) in [6.07, 6.45) is 0. The van der Waals surface area contributed by atoms with Crippen LogP contribution in [0.5, 0.6) is 11.5 Å². The van der Waals surface area contributed by atoms with Crippen LogP contribution in [0.4, 0.5) is 5.69 Å². The number of hydrogen-bond acceptors (Lipinski definition) is 7. The van der Waals surface area contributed by atoms with E-state index in [1.807, 2.05) is 0 Å². The van der Waals surface area contributed by atoms with Gasteiger partial charge in [-0.15, -0.1) is 0 Å². The minimum absolute atomic E-state index is 0.0621. The van der Waals surface area contributed by atoms with Crippen LogP contribution < -0.4 is 14.4 Å². The van der Waals surface area contributed by atoms with Crippen LogP contribution in [0.15, 0.2) is 78.4 Å². The van der Waals surface area contributed by atoms with Crippen LogP contribution in [0, 0.1) is 0 Å². The highest BCUT2D eigenvalue weighted by molar-refractivity contribution is 6.51. The van der Waals surface area contributed by atoms with E-state index in [-0.39, 0.29) is 17.9 Å². The van der Waals surface area contributed by atoms with E-state index >= 15 is 0 Å². The second-order valence-electron chi connectivity index (χ2n) is 7.94. The zero-order chi connectivity index (χ0) is 25.8. The Kier molecular flexibility index (Phi) is 7.05. The van der Waals surface area contributed by atoms with Crippen LogP contribution in [0.25, 0.3) is 5.76 Å². The molecule has 3 aromatic rings. The maximum Gasteiger partial charge on any atom is 0.338 e. The number of benzene rings is 3. The zero-order valence-corrected chi connectivity index (χ0v) is 20.1. The number of methoxy groups -OCH3 is 2. The molecule has 1 atom stereocenters. The third kappa shape index (κ3) is 4.53. The van der Waals surface area contributed by atoms with Crippen LogP contribution in [0.1, 0.15) is 34.5 Å². The van der Waals surface area contributed by atoms with Crippen molar-refractivity contribution in [2.75, 3.05) is 25.7 Å². The molecule has 8 heteroatoms. The van der Waals surface area contributed by atoms with Gasteiger partial charge in [0.25, 0.3) is 11.7 Å². The average molecular weight is 488 g/mol. The van der Waals surface area contributed by atoms with E-state index < -0.39 is 23.7 Å². The fraction of sp³-hybridized carbons (Fsp3) is 0.179. The van der Waals surface area contributed by atoms with Gasteiger partial charge in [-0.1, -0.05) is 12.1 Å². The van der Waals surface area contributed by atoms with E-state index in [2.05, 4.69) is 0 Å². The molecule has 1 fully saturated rings. The number of rotatable bonds is 7. The van der Waals surface area contributed by atoms with Crippen molar-refractivity contribution in [1.82, 2.24) is 0 Å². The summed E-state index contributed by atoms with van der Waals surface area (Å²) in [4.78, 5) is 40.0. The molecule has 1 amide bonds. The number of carbonyl (C=O) groups is 3. The summed E-state index contributed by atoms with van der Waals surface area (Å²) in [7, 11) is 3.04. The van der Waals surface area contributed by atoms with Gasteiger partial charge < -0.3 is 19.3 Å². The molecule has 0 radical (unpaired) electrons. The zero-order valence-electron chi connectivity index (χ0n) is 20.1. The molecule has 1 aliphatic heterocycles. The Bertz CT molecular complexity index is 1330. The molecule has 3 aromatic carbocycles. The Balaban J connectivity index is 1.86. The van der Waals surface area contributed by atoms with Crippen molar-refractivity contribution in [3.8, 4) is 11.5 Å². The van der Waals surface area contributed by atoms with Crippen molar-refractivity contribution in [2.45, 2.75) is 13.0 Å². The van der Waals surface area contributed by atoms with Gasteiger partial charge in [0.1, 0.15) is 17.3 Å². The lowest BCUT2D eigenvalue weighted by Crippen LogP contribution is -2.29. The summed E-state index contributed by atoms with van der Waals surface area (Å²) in [5.74, 6) is -1.32. The maximum absolute atomic E-state index is 13.3. The second kappa shape index (κ2) is 10.4. The first kappa shape index (κ1) is 24.5. The lowest BCUT2D eigenvalue weighted by atomic mass is 9.95. The van der Waals surface area contributed by atoms with Gasteiger partial charge in [0.15, 0.2) is 0 Å². The fourth-order valence-electron chi connectivity index (χ4n) is 4.10. The van der Waals surface area contributed by atoms with Crippen LogP contribution in [0.3, 0.4) is 0 Å². The van der Waals surface area contributed by atoms with E-state index in [0.717, 1.165) is 0 Å². The molecule has 1 unspecified atom stereocenters. The van der Waals surface area contributed by atoms with Crippen molar-refractivity contribution in [2.24, 2.45) is 0 Å². The molecule has 0 aliphatic carbocycles. The van der Waals surface area contributed by atoms with Crippen LogP contribution in [0.2, 0.25) is 0 Å². The topological polar surface area (TPSA) is 102 Å². The Labute approximate surface area is 208 Å². The summed E-state index contributed by atoms with van der Waals surface area (Å²) < 4.78 is 15.5. The van der Waals surface area contributed by atoms with Crippen LogP contribution >= 0.6 is 0 Å². The third-order valence-electron chi connectivity index (χ3n) is 5.87. The van der Waals surface area contributed by atoms with E-state index in [4.69, 9.17) is 14.2 Å². The number of ether oxygens (including phenoxy) is 3. The molecule has 1 N–H and O–H groups in total. The molecule has 0 spiro atoms. The summed E-state index contributed by atoms with van der Waals surface area (Å²) in [6.45, 7) is 1.94. The van der Waals surface area contributed by atoms with Gasteiger partial charge in [-0.05, 0) is 73.2 Å². The highest BCUT2D eigenvalue weighted by Gasteiger charge is 2.47. The molecule has 1 aliphatic rings. The lowest BCUT2D eigenvalue weighted by Gasteiger charge is -2.26. The van der Waals surface area contributed by atoms with Crippen molar-refractivity contribution >= 4 is 29.1 Å². The number of amides is 1. The number of hydrogen-bond donors (Lipinski definition) is 1. The highest BCUT2D eigenvalue weighted by Crippen LogP contribution is 2.43. The van der Waals surface area contributed by atoms with E-state index in [9.17, 15) is 19.5 Å². The minimum Gasteiger partial charge on any atom is -0.507 e. The second-order valence-corrected chi connectivity index (χ2v) is 7.94. The summed E-state index contributed by atoms with van der Waals surface area (Å²) >= 11 is 0. The molecule has 184 valence electrons. The SMILES string of the molecule is CCOC(=O)c1ccc(N2C(=O)C(=O)/C(=C(/O)c3ccc(OC)cc3)C2c2cccc(OC)c2)cc1. The van der Waals surface area contributed by atoms with Gasteiger partial charge >= 0.3 is 5.97 Å². The summed E-state index contributed by atoms with van der Waals surface area (Å²) in [6, 6.07) is 18.7. The Hall–Kier alpha value is -4.59. The molecule has 0 bridgehead atoms. The lowest BCUT2D eigenvalue weighted by molar-refractivity contribution is -0.132. The Morgan fingerprint density at radius 2 is 1.53 bits per heavy atom. The van der Waals surface area contributed by atoms with Crippen molar-refractivity contribution in [3.05, 3.63) is 95.1 Å². The summed E-state index contributed by atoms with van der Waals surface area (Å²) in [5.41, 5.74) is 1.56. The molecule has 8 nitrogen and oxygen atoms in total. The monoisotopic (exact) mass is 487 g/mol. The molecule has 36 heavy (non-hydrogen) atoms. The summed E-state index contributed by atoms with van der Waals surface area (Å²) in [5, 5.41) is 11.2. The minimum atomic E-state index is -0.935. The quantitative estimate of drug-likeness (QED) is 0.226. The van der Waals surface area contributed by atoms with Crippen molar-refractivity contribution < 1.29 is 33.7 Å². The number of aliphatic hydroxyl groups excluding tert-OH is 1. The number of anilines is 1. The Morgan fingerprint density at radius 3 is 2.14 bits per heavy atom. The van der Waals surface area contributed by atoms with Gasteiger partial charge in [0.05, 0.1) is 38.0 Å². The number of ketones is 1. The van der Waals surface area contributed by atoms with Crippen molar-refractivity contribution in [3.63, 3.8) is 0 Å². The van der Waals surface area contributed by atoms with Gasteiger partial charge in [-0.2, -0.15) is 0 Å². The molecule has 1 saturated heterocycles. The molecule has 1 heterocycles. The predicted molar refractivity (Wildman–Crippen MR) is 133 cm³/mol. The van der Waals surface area contributed by atoms with E-state index in [1.54, 1.807) is 67.6 Å². The first-order valence-corrected chi connectivity index (χ1v) is 11.3. The van der Waals surface area contributed by atoms with E-state index in [1.165, 1.54) is 31.3 Å². The number of Topliss-reactive ketones (excluding diaryl/α,β-unsaturated/α-hetero) is 1. The van der Waals surface area contributed by atoms with Crippen LogP contribution in [-0.4, -0.2) is 43.6 Å². The first-order chi connectivity index (χ1) is 17.4. The Morgan fingerprint density at radius 1 is 0.889 bits per heavy atom. The predicted octanol–water partition coefficient (Wildman–Crippen LogP) is 4.51. The maximum atomic E-state index is 13.3. The smallest absolute Gasteiger partial charge is 0.338 e. The fourth-order valence-corrected chi connectivity index (χ4v) is 4.10. The molecular formula is C28H25NO7. The number of nitrogens with zero attached hydrogens (tertiary/aromatic N) is 1. The molecule has 4 rings (SSSR count). The highest BCUT2D eigenvalue weighted by atomic mass is 16.5. The third-order valence-corrected chi connectivity index (χ3v) is 5.87. The standard InChI is InChI=1S/C28H25NO7/c1-4-36-28(33)18-8-12-20(13-9-18)29-24(19-6-5-7-22(16-19)35-3)23(26(31)27(29)32)25(30)17-10-14-21(34-2)15-11-17/h5-16,24,30H,4H2,1-3H3/b25-23+. The average Bonchev–Trinajstić information content (AvgIpc) is 3.18. The van der Waals surface area contributed by atoms with Gasteiger partial charge in [-0.3, -0.25) is 14.5 Å². The van der Waals surface area contributed by atoms with E-state index in [0.29, 0.717) is 33.9 Å². The number of aliphatic hydroxyl groups is 1. The van der Waals surface area contributed by atoms with Crippen LogP contribution in [-0.2, 0) is 14.3 Å². The normalized spacial score (nSPS) is 16.6. The molecule has 0 aromatic heterocycles. The van der Waals surface area contributed by atoms with Gasteiger partial charge in [0.2, 0.25) is 0 Å². The van der Waals surface area contributed by atoms with Gasteiger partial charge in [-0.25, -0.2) is 4.79 Å². The largest absolute Gasteiger partial charge is 0.507 e. The number of esters is 1. The molecule has 0 saturated carbocycles. The molecular weight excluding hydrogens is 462 g/mol. The van der Waals surface area contributed by atoms with Gasteiger partial charge in [0, 0.05) is 11.3 Å². The number of carbonyl (C=O) groups excluding carboxylic acids is 3. The first-order valence-electron chi connectivity index (χ1n) is 11.3. The van der Waals surface area contributed by atoms with Crippen molar-refractivity contribution in [1.29, 1.82) is 0 Å².